The molecule has 17 heavy (non-hydrogen) atoms. The average molecular weight is 237 g/mol. The molecule has 0 unspecified atom stereocenters. The molecular weight excluding hydrogens is 217 g/mol. The first kappa shape index (κ1) is 13.6. The summed E-state index contributed by atoms with van der Waals surface area (Å²) in [6, 6.07) is 5.10. The first-order chi connectivity index (χ1) is 8.29. The molecule has 0 heterocycles. The molecule has 0 aliphatic rings. The van der Waals surface area contributed by atoms with E-state index in [1.165, 1.54) is 0 Å². The van der Waals surface area contributed by atoms with Crippen LogP contribution < -0.4 is 10.1 Å². The lowest BCUT2D eigenvalue weighted by Crippen LogP contribution is -2.00. The lowest BCUT2D eigenvalue weighted by Gasteiger charge is -2.08. The molecule has 0 radical (unpaired) electrons. The molecule has 0 fully saturated rings. The maximum Gasteiger partial charge on any atom is 0.188 e. The van der Waals surface area contributed by atoms with Crippen LogP contribution in [-0.4, -0.2) is 13.7 Å². The van der Waals surface area contributed by atoms with Crippen LogP contribution in [0.1, 0.15) is 26.2 Å². The highest BCUT2D eigenvalue weighted by atomic mass is 19.1. The van der Waals surface area contributed by atoms with Gasteiger partial charge in [-0.25, -0.2) is 4.39 Å². The molecular formula is C14H20FNO. The SMILES string of the molecule is CCCC=CCCOc1cccc(NC)c1F. The minimum atomic E-state index is -0.326. The molecule has 0 amide bonds. The van der Waals surface area contributed by atoms with Crippen molar-refractivity contribution in [2.75, 3.05) is 19.0 Å². The van der Waals surface area contributed by atoms with Crippen molar-refractivity contribution >= 4 is 5.69 Å². The van der Waals surface area contributed by atoms with Crippen molar-refractivity contribution < 1.29 is 9.13 Å². The summed E-state index contributed by atoms with van der Waals surface area (Å²) in [5.41, 5.74) is 0.462. The summed E-state index contributed by atoms with van der Waals surface area (Å²) in [7, 11) is 1.69. The van der Waals surface area contributed by atoms with Gasteiger partial charge in [0.05, 0.1) is 12.3 Å². The van der Waals surface area contributed by atoms with Gasteiger partial charge >= 0.3 is 0 Å². The van der Waals surface area contributed by atoms with E-state index in [0.717, 1.165) is 19.3 Å². The second-order valence-electron chi connectivity index (χ2n) is 3.76. The van der Waals surface area contributed by atoms with E-state index in [9.17, 15) is 4.39 Å². The molecule has 3 heteroatoms. The summed E-state index contributed by atoms with van der Waals surface area (Å²) in [6.45, 7) is 2.64. The molecule has 0 saturated carbocycles. The number of ether oxygens (including phenoxy) is 1. The molecule has 0 saturated heterocycles. The van der Waals surface area contributed by atoms with Crippen LogP contribution in [-0.2, 0) is 0 Å². The van der Waals surface area contributed by atoms with Gasteiger partial charge in [-0.05, 0) is 25.0 Å². The highest BCUT2D eigenvalue weighted by molar-refractivity contribution is 5.49. The van der Waals surface area contributed by atoms with Crippen LogP contribution in [0.5, 0.6) is 5.75 Å². The predicted molar refractivity (Wildman–Crippen MR) is 70.1 cm³/mol. The Balaban J connectivity index is 2.41. The lowest BCUT2D eigenvalue weighted by atomic mass is 10.2. The van der Waals surface area contributed by atoms with Gasteiger partial charge in [0.1, 0.15) is 0 Å². The van der Waals surface area contributed by atoms with Crippen LogP contribution in [0.4, 0.5) is 10.1 Å². The van der Waals surface area contributed by atoms with Gasteiger partial charge in [-0.1, -0.05) is 31.6 Å². The number of benzene rings is 1. The monoisotopic (exact) mass is 237 g/mol. The molecule has 0 atom stereocenters. The van der Waals surface area contributed by atoms with Crippen molar-refractivity contribution in [1.29, 1.82) is 0 Å². The van der Waals surface area contributed by atoms with Crippen molar-refractivity contribution in [1.82, 2.24) is 0 Å². The second kappa shape index (κ2) is 7.71. The zero-order chi connectivity index (χ0) is 12.5. The van der Waals surface area contributed by atoms with E-state index in [2.05, 4.69) is 24.4 Å². The minimum Gasteiger partial charge on any atom is -0.490 e. The number of allylic oxidation sites excluding steroid dienone is 1. The van der Waals surface area contributed by atoms with Crippen molar-refractivity contribution in [3.8, 4) is 5.75 Å². The van der Waals surface area contributed by atoms with E-state index >= 15 is 0 Å². The van der Waals surface area contributed by atoms with Crippen LogP contribution in [0.2, 0.25) is 0 Å². The fraction of sp³-hybridized carbons (Fsp3) is 0.429. The summed E-state index contributed by atoms with van der Waals surface area (Å²) in [6.07, 6.45) is 7.25. The number of nitrogens with one attached hydrogen (secondary N) is 1. The third-order valence-corrected chi connectivity index (χ3v) is 2.40. The van der Waals surface area contributed by atoms with E-state index < -0.39 is 0 Å². The number of rotatable bonds is 7. The molecule has 0 aliphatic carbocycles. The van der Waals surface area contributed by atoms with Gasteiger partial charge in [0.2, 0.25) is 0 Å². The van der Waals surface area contributed by atoms with Crippen LogP contribution >= 0.6 is 0 Å². The summed E-state index contributed by atoms with van der Waals surface area (Å²) >= 11 is 0. The molecule has 1 aromatic rings. The van der Waals surface area contributed by atoms with Gasteiger partial charge in [0.15, 0.2) is 11.6 Å². The second-order valence-corrected chi connectivity index (χ2v) is 3.76. The molecule has 94 valence electrons. The summed E-state index contributed by atoms with van der Waals surface area (Å²) in [4.78, 5) is 0. The minimum absolute atomic E-state index is 0.306. The Morgan fingerprint density at radius 1 is 1.29 bits per heavy atom. The van der Waals surface area contributed by atoms with Crippen LogP contribution in [0.3, 0.4) is 0 Å². The molecule has 0 bridgehead atoms. The zero-order valence-corrected chi connectivity index (χ0v) is 10.5. The quantitative estimate of drug-likeness (QED) is 0.572. The standard InChI is InChI=1S/C14H20FNO/c1-3-4-5-6-7-11-17-13-10-8-9-12(16-2)14(13)15/h5-6,8-10,16H,3-4,7,11H2,1-2H3. The third kappa shape index (κ3) is 4.47. The van der Waals surface area contributed by atoms with Gasteiger partial charge in [-0.15, -0.1) is 0 Å². The summed E-state index contributed by atoms with van der Waals surface area (Å²) < 4.78 is 19.1. The number of unbranched alkanes of at least 4 members (excludes halogenated alkanes) is 1. The van der Waals surface area contributed by atoms with E-state index in [1.54, 1.807) is 25.2 Å². The van der Waals surface area contributed by atoms with Crippen LogP contribution in [0.25, 0.3) is 0 Å². The number of halogens is 1. The smallest absolute Gasteiger partial charge is 0.188 e. The number of hydrogen-bond donors (Lipinski definition) is 1. The Bertz CT molecular complexity index is 363. The topological polar surface area (TPSA) is 21.3 Å². The Labute approximate surface area is 102 Å². The number of anilines is 1. The Morgan fingerprint density at radius 3 is 2.76 bits per heavy atom. The average Bonchev–Trinajstić information content (AvgIpc) is 2.35. The maximum absolute atomic E-state index is 13.7. The first-order valence-electron chi connectivity index (χ1n) is 6.03. The first-order valence-corrected chi connectivity index (χ1v) is 6.03. The van der Waals surface area contributed by atoms with E-state index in [-0.39, 0.29) is 5.82 Å². The fourth-order valence-corrected chi connectivity index (χ4v) is 1.45. The molecule has 1 rings (SSSR count). The van der Waals surface area contributed by atoms with E-state index in [4.69, 9.17) is 4.74 Å². The van der Waals surface area contributed by atoms with Crippen molar-refractivity contribution in [3.63, 3.8) is 0 Å². The number of hydrogen-bond acceptors (Lipinski definition) is 2. The van der Waals surface area contributed by atoms with Crippen molar-refractivity contribution in [3.05, 3.63) is 36.2 Å². The Kier molecular flexibility index (Phi) is 6.15. The lowest BCUT2D eigenvalue weighted by molar-refractivity contribution is 0.308. The van der Waals surface area contributed by atoms with Gasteiger partial charge < -0.3 is 10.1 Å². The van der Waals surface area contributed by atoms with Crippen molar-refractivity contribution in [2.24, 2.45) is 0 Å². The molecule has 1 N–H and O–H groups in total. The van der Waals surface area contributed by atoms with Gasteiger partial charge in [0, 0.05) is 7.05 Å². The van der Waals surface area contributed by atoms with E-state index in [1.807, 2.05) is 0 Å². The predicted octanol–water partition coefficient (Wildman–Crippen LogP) is 3.99. The molecule has 0 spiro atoms. The van der Waals surface area contributed by atoms with Gasteiger partial charge in [0.25, 0.3) is 0 Å². The Morgan fingerprint density at radius 2 is 2.06 bits per heavy atom. The highest BCUT2D eigenvalue weighted by Crippen LogP contribution is 2.23. The van der Waals surface area contributed by atoms with Crippen LogP contribution in [0, 0.1) is 5.82 Å². The normalized spacial score (nSPS) is 10.8. The largest absolute Gasteiger partial charge is 0.490 e. The fourth-order valence-electron chi connectivity index (χ4n) is 1.45. The van der Waals surface area contributed by atoms with E-state index in [0.29, 0.717) is 18.0 Å². The molecule has 0 aliphatic heterocycles. The highest BCUT2D eigenvalue weighted by Gasteiger charge is 2.06. The molecule has 1 aromatic carbocycles. The van der Waals surface area contributed by atoms with Crippen LogP contribution in [0.15, 0.2) is 30.4 Å². The molecule has 2 nitrogen and oxygen atoms in total. The van der Waals surface area contributed by atoms with Gasteiger partial charge in [-0.2, -0.15) is 0 Å². The maximum atomic E-state index is 13.7. The summed E-state index contributed by atoms with van der Waals surface area (Å²) in [5.74, 6) is -0.0201. The third-order valence-electron chi connectivity index (χ3n) is 2.40. The van der Waals surface area contributed by atoms with Crippen molar-refractivity contribution in [2.45, 2.75) is 26.2 Å². The summed E-state index contributed by atoms with van der Waals surface area (Å²) in [5, 5.41) is 2.78. The van der Waals surface area contributed by atoms with Gasteiger partial charge in [-0.3, -0.25) is 0 Å². The molecule has 0 aromatic heterocycles. The zero-order valence-electron chi connectivity index (χ0n) is 10.5. The Hall–Kier alpha value is -1.51.